The molecule has 1 aromatic heterocycles. The zero-order chi connectivity index (χ0) is 30.3. The average molecular weight is 599 g/mol. The first kappa shape index (κ1) is 31.9. The fourth-order valence-electron chi connectivity index (χ4n) is 3.88. The highest BCUT2D eigenvalue weighted by Crippen LogP contribution is 2.20. The summed E-state index contributed by atoms with van der Waals surface area (Å²) in [4.78, 5) is 35.4. The van der Waals surface area contributed by atoms with Crippen LogP contribution >= 0.6 is 11.6 Å². The maximum Gasteiger partial charge on any atom is 0.412 e. The quantitative estimate of drug-likeness (QED) is 0.0694. The summed E-state index contributed by atoms with van der Waals surface area (Å²) >= 11 is 6.00. The largest absolute Gasteiger partial charge is 0.447 e. The van der Waals surface area contributed by atoms with E-state index in [4.69, 9.17) is 26.7 Å². The van der Waals surface area contributed by atoms with Gasteiger partial charge in [0.1, 0.15) is 18.2 Å². The molecule has 5 N–H and O–H groups in total. The Kier molecular flexibility index (Phi) is 12.6. The molecule has 0 spiro atoms. The van der Waals surface area contributed by atoms with Gasteiger partial charge in [0.2, 0.25) is 5.96 Å². The van der Waals surface area contributed by atoms with Crippen molar-refractivity contribution in [1.29, 1.82) is 5.26 Å². The smallest absolute Gasteiger partial charge is 0.412 e. The lowest BCUT2D eigenvalue weighted by molar-refractivity contribution is 0.113. The lowest BCUT2D eigenvalue weighted by Crippen LogP contribution is -2.46. The molecule has 3 amide bonds. The monoisotopic (exact) mass is 598 g/mol. The van der Waals surface area contributed by atoms with Gasteiger partial charge in [-0.1, -0.05) is 48.0 Å². The van der Waals surface area contributed by atoms with Gasteiger partial charge in [0.15, 0.2) is 6.19 Å². The second-order valence-corrected chi connectivity index (χ2v) is 9.41. The van der Waals surface area contributed by atoms with Gasteiger partial charge in [-0.05, 0) is 35.9 Å². The number of benzene rings is 2. The van der Waals surface area contributed by atoms with Gasteiger partial charge in [0.25, 0.3) is 0 Å². The van der Waals surface area contributed by atoms with E-state index >= 15 is 0 Å². The summed E-state index contributed by atoms with van der Waals surface area (Å²) in [5.41, 5.74) is 0.413. The molecule has 1 atom stereocenters. The van der Waals surface area contributed by atoms with E-state index in [0.29, 0.717) is 24.2 Å². The zero-order valence-electron chi connectivity index (χ0n) is 22.9. The van der Waals surface area contributed by atoms with Crippen molar-refractivity contribution in [2.75, 3.05) is 38.7 Å². The predicted molar refractivity (Wildman–Crippen MR) is 157 cm³/mol. The third-order valence-corrected chi connectivity index (χ3v) is 6.56. The van der Waals surface area contributed by atoms with Gasteiger partial charge in [0.05, 0.1) is 17.7 Å². The number of fused-ring (bicyclic) bond motifs is 1. The molecule has 0 aliphatic rings. The van der Waals surface area contributed by atoms with Crippen LogP contribution in [0.1, 0.15) is 18.4 Å². The molecular weight excluding hydrogens is 567 g/mol. The number of nitrogens with one attached hydrogen (secondary N) is 4. The third-order valence-electron chi connectivity index (χ3n) is 6.14. The Morgan fingerprint density at radius 1 is 1.21 bits per heavy atom. The number of guanidine groups is 1. The topological polar surface area (TPSA) is 164 Å². The minimum absolute atomic E-state index is 0.00846. The highest BCUT2D eigenvalue weighted by atomic mass is 35.5. The lowest BCUT2D eigenvalue weighted by atomic mass is 10.1. The Hall–Kier alpha value is -4.67. The SMILES string of the molecule is CN(C(=O)NCc1cccc(F)c1Cl)[C@@H](CCCN=C(NC#N)NCCO)COC(=O)Nc1cc2ccccc2cn1. The van der Waals surface area contributed by atoms with E-state index in [1.165, 1.54) is 17.0 Å². The minimum atomic E-state index is -0.741. The van der Waals surface area contributed by atoms with Crippen LogP contribution in [0.5, 0.6) is 0 Å². The van der Waals surface area contributed by atoms with Crippen LogP contribution in [0.2, 0.25) is 5.02 Å². The first-order valence-corrected chi connectivity index (χ1v) is 13.5. The number of aliphatic imine (C=N–C) groups is 1. The van der Waals surface area contributed by atoms with E-state index in [1.54, 1.807) is 31.6 Å². The second-order valence-electron chi connectivity index (χ2n) is 9.04. The van der Waals surface area contributed by atoms with E-state index in [2.05, 4.69) is 31.2 Å². The number of likely N-dealkylation sites (N-methyl/N-ethyl adjacent to an activating group) is 1. The summed E-state index contributed by atoms with van der Waals surface area (Å²) in [6.45, 7) is 0.207. The van der Waals surface area contributed by atoms with Crippen molar-refractivity contribution in [3.8, 4) is 6.19 Å². The van der Waals surface area contributed by atoms with Crippen LogP contribution in [0.4, 0.5) is 19.8 Å². The molecule has 3 rings (SSSR count). The first-order chi connectivity index (χ1) is 20.3. The zero-order valence-corrected chi connectivity index (χ0v) is 23.7. The molecule has 0 radical (unpaired) electrons. The number of carbonyl (C=O) groups is 2. The second kappa shape index (κ2) is 16.6. The molecule has 0 saturated heterocycles. The van der Waals surface area contributed by atoms with Crippen molar-refractivity contribution in [1.82, 2.24) is 25.8 Å². The van der Waals surface area contributed by atoms with Gasteiger partial charge >= 0.3 is 12.1 Å². The van der Waals surface area contributed by atoms with E-state index in [0.717, 1.165) is 10.8 Å². The third kappa shape index (κ3) is 9.76. The number of nitrogens with zero attached hydrogens (tertiary/aromatic N) is 4. The van der Waals surface area contributed by atoms with Crippen molar-refractivity contribution in [2.45, 2.75) is 25.4 Å². The van der Waals surface area contributed by atoms with Crippen LogP contribution in [0.15, 0.2) is 59.7 Å². The van der Waals surface area contributed by atoms with Crippen molar-refractivity contribution in [2.24, 2.45) is 4.99 Å². The number of pyridine rings is 1. The van der Waals surface area contributed by atoms with Crippen LogP contribution in [0, 0.1) is 17.3 Å². The van der Waals surface area contributed by atoms with Crippen LogP contribution in [0.25, 0.3) is 10.8 Å². The van der Waals surface area contributed by atoms with Crippen LogP contribution in [-0.2, 0) is 11.3 Å². The van der Waals surface area contributed by atoms with Crippen LogP contribution in [-0.4, -0.2) is 72.5 Å². The molecule has 3 aromatic rings. The first-order valence-electron chi connectivity index (χ1n) is 13.1. The van der Waals surface area contributed by atoms with Crippen molar-refractivity contribution in [3.63, 3.8) is 0 Å². The Morgan fingerprint density at radius 3 is 2.76 bits per heavy atom. The maximum atomic E-state index is 13.8. The Bertz CT molecular complexity index is 1430. The van der Waals surface area contributed by atoms with Gasteiger partial charge in [-0.15, -0.1) is 0 Å². The summed E-state index contributed by atoms with van der Waals surface area (Å²) in [5.74, 6) is -0.0653. The lowest BCUT2D eigenvalue weighted by Gasteiger charge is -2.28. The Balaban J connectivity index is 1.63. The number of carbonyl (C=O) groups excluding carboxylic acids is 2. The maximum absolute atomic E-state index is 13.8. The molecule has 42 heavy (non-hydrogen) atoms. The molecule has 0 aliphatic carbocycles. The number of hydrogen-bond acceptors (Lipinski definition) is 7. The molecule has 14 heteroatoms. The average Bonchev–Trinajstić information content (AvgIpc) is 2.99. The number of ether oxygens (including phenoxy) is 1. The summed E-state index contributed by atoms with van der Waals surface area (Å²) in [6, 6.07) is 12.6. The van der Waals surface area contributed by atoms with Crippen molar-refractivity contribution < 1.29 is 23.8 Å². The van der Waals surface area contributed by atoms with Gasteiger partial charge in [-0.25, -0.2) is 19.0 Å². The number of nitriles is 1. The fourth-order valence-corrected chi connectivity index (χ4v) is 4.08. The van der Waals surface area contributed by atoms with Crippen LogP contribution < -0.4 is 21.3 Å². The molecule has 0 saturated carbocycles. The molecule has 12 nitrogen and oxygen atoms in total. The Morgan fingerprint density at radius 2 is 2.00 bits per heavy atom. The predicted octanol–water partition coefficient (Wildman–Crippen LogP) is 3.57. The Labute approximate surface area is 247 Å². The van der Waals surface area contributed by atoms with E-state index in [-0.39, 0.29) is 43.8 Å². The summed E-state index contributed by atoms with van der Waals surface area (Å²) in [6.07, 6.45) is 3.52. The molecule has 1 heterocycles. The molecule has 222 valence electrons. The molecule has 0 unspecified atom stereocenters. The molecular formula is C28H32ClFN8O4. The standard InChI is InChI=1S/C28H32ClFN8O4/c1-38(27(40)35-16-21-8-4-10-23(30)25(21)29)22(9-5-11-32-26(36-18-31)33-12-13-39)17-42-28(41)37-24-14-19-6-2-3-7-20(19)15-34-24/h2-4,6-8,10,14-15,22,39H,5,9,11-13,16-17H2,1H3,(H,35,40)(H2,32,33,36)(H,34,37,41)/t22-/m0/s1. The van der Waals surface area contributed by atoms with Gasteiger partial charge in [-0.2, -0.15) is 5.26 Å². The number of rotatable bonds is 12. The van der Waals surface area contributed by atoms with Crippen molar-refractivity contribution >= 4 is 46.3 Å². The highest BCUT2D eigenvalue weighted by Gasteiger charge is 2.22. The molecule has 0 bridgehead atoms. The van der Waals surface area contributed by atoms with Gasteiger partial charge in [0, 0.05) is 38.3 Å². The highest BCUT2D eigenvalue weighted by molar-refractivity contribution is 6.31. The minimum Gasteiger partial charge on any atom is -0.447 e. The number of urea groups is 1. The summed E-state index contributed by atoms with van der Waals surface area (Å²) < 4.78 is 19.2. The number of aliphatic hydroxyl groups is 1. The summed E-state index contributed by atoms with van der Waals surface area (Å²) in [5, 5.41) is 30.1. The molecule has 0 fully saturated rings. The van der Waals surface area contributed by atoms with E-state index in [9.17, 15) is 14.0 Å². The fraction of sp³-hybridized carbons (Fsp3) is 0.321. The van der Waals surface area contributed by atoms with E-state index in [1.807, 2.05) is 24.3 Å². The number of amides is 3. The van der Waals surface area contributed by atoms with Crippen molar-refractivity contribution in [3.05, 3.63) is 71.1 Å². The number of hydrogen-bond donors (Lipinski definition) is 5. The van der Waals surface area contributed by atoms with Gasteiger partial charge in [-0.3, -0.25) is 15.6 Å². The van der Waals surface area contributed by atoms with E-state index < -0.39 is 24.0 Å². The number of aromatic nitrogens is 1. The number of anilines is 1. The molecule has 0 aliphatic heterocycles. The normalized spacial score (nSPS) is 11.7. The number of halogens is 2. The molecule has 2 aromatic carbocycles. The van der Waals surface area contributed by atoms with Crippen LogP contribution in [0.3, 0.4) is 0 Å². The number of aliphatic hydroxyl groups excluding tert-OH is 1. The van der Waals surface area contributed by atoms with Gasteiger partial charge < -0.3 is 25.4 Å². The summed E-state index contributed by atoms with van der Waals surface area (Å²) in [7, 11) is 1.55.